The number of fused-ring (bicyclic) bond motifs is 1. The van der Waals surface area contributed by atoms with E-state index in [4.69, 9.17) is 9.47 Å². The normalized spacial score (nSPS) is 26.5. The molecule has 0 bridgehead atoms. The Morgan fingerprint density at radius 3 is 3.12 bits per heavy atom. The first-order chi connectivity index (χ1) is 12.1. The molecule has 3 heterocycles. The molecule has 2 atom stereocenters. The van der Waals surface area contributed by atoms with Gasteiger partial charge in [0.15, 0.2) is 0 Å². The smallest absolute Gasteiger partial charge is 0.274 e. The quantitative estimate of drug-likeness (QED) is 0.716. The first kappa shape index (κ1) is 18.2. The van der Waals surface area contributed by atoms with Crippen LogP contribution in [0.2, 0.25) is 0 Å². The maximum atomic E-state index is 12.8. The zero-order valence-corrected chi connectivity index (χ0v) is 15.2. The van der Waals surface area contributed by atoms with Crippen LogP contribution in [0.3, 0.4) is 0 Å². The molecule has 7 heteroatoms. The minimum Gasteiger partial charge on any atom is -0.379 e. The van der Waals surface area contributed by atoms with Crippen molar-refractivity contribution >= 4 is 5.91 Å². The van der Waals surface area contributed by atoms with Gasteiger partial charge in [0.25, 0.3) is 5.91 Å². The molecule has 138 valence electrons. The second kappa shape index (κ2) is 8.21. The lowest BCUT2D eigenvalue weighted by atomic mass is 9.73. The number of hydrogen-bond donors (Lipinski definition) is 0. The second-order valence-corrected chi connectivity index (χ2v) is 7.29. The number of piperidine rings is 1. The van der Waals surface area contributed by atoms with Crippen molar-refractivity contribution in [2.45, 2.75) is 25.4 Å². The summed E-state index contributed by atoms with van der Waals surface area (Å²) in [6, 6.07) is 0. The zero-order chi connectivity index (χ0) is 17.7. The van der Waals surface area contributed by atoms with Crippen LogP contribution in [-0.2, 0) is 9.47 Å². The maximum absolute atomic E-state index is 12.8. The first-order valence-corrected chi connectivity index (χ1v) is 9.00. The van der Waals surface area contributed by atoms with Gasteiger partial charge in [-0.1, -0.05) is 0 Å². The highest BCUT2D eigenvalue weighted by Gasteiger charge is 2.47. The van der Waals surface area contributed by atoms with Crippen molar-refractivity contribution < 1.29 is 14.3 Å². The van der Waals surface area contributed by atoms with Crippen molar-refractivity contribution in [2.24, 2.45) is 5.41 Å². The van der Waals surface area contributed by atoms with Gasteiger partial charge < -0.3 is 19.3 Å². The highest BCUT2D eigenvalue weighted by molar-refractivity contribution is 5.92. The summed E-state index contributed by atoms with van der Waals surface area (Å²) in [6.07, 6.45) is 7.74. The zero-order valence-electron chi connectivity index (χ0n) is 15.2. The molecule has 0 spiro atoms. The molecule has 2 fully saturated rings. The standard InChI is InChI=1S/C18H28N4O3/c1-21(2)9-11-24-14-18-5-3-10-25-16(18)4-8-22(13-18)17(23)15-12-19-6-7-20-15/h6-7,12,16H,3-5,8-11,13-14H2,1-2H3/t16-,18-/m0/s1. The number of amides is 1. The van der Waals surface area contributed by atoms with Crippen LogP contribution in [0.4, 0.5) is 0 Å². The monoisotopic (exact) mass is 348 g/mol. The Bertz CT molecular complexity index is 569. The number of aromatic nitrogens is 2. The number of ether oxygens (including phenoxy) is 2. The molecule has 0 N–H and O–H groups in total. The molecule has 2 saturated heterocycles. The molecule has 0 aromatic carbocycles. The highest BCUT2D eigenvalue weighted by Crippen LogP contribution is 2.40. The number of carbonyl (C=O) groups is 1. The van der Waals surface area contributed by atoms with Gasteiger partial charge in [0.05, 0.1) is 25.5 Å². The Kier molecular flexibility index (Phi) is 5.98. The summed E-state index contributed by atoms with van der Waals surface area (Å²) >= 11 is 0. The Morgan fingerprint density at radius 1 is 1.48 bits per heavy atom. The van der Waals surface area contributed by atoms with E-state index in [1.807, 2.05) is 19.0 Å². The summed E-state index contributed by atoms with van der Waals surface area (Å²) in [5, 5.41) is 0. The fourth-order valence-corrected chi connectivity index (χ4v) is 3.77. The summed E-state index contributed by atoms with van der Waals surface area (Å²) in [6.45, 7) is 4.38. The fourth-order valence-electron chi connectivity index (χ4n) is 3.77. The maximum Gasteiger partial charge on any atom is 0.274 e. The van der Waals surface area contributed by atoms with Gasteiger partial charge >= 0.3 is 0 Å². The van der Waals surface area contributed by atoms with E-state index in [0.29, 0.717) is 32.0 Å². The predicted molar refractivity (Wildman–Crippen MR) is 93.3 cm³/mol. The molecule has 2 aliphatic heterocycles. The van der Waals surface area contributed by atoms with Gasteiger partial charge in [-0.15, -0.1) is 0 Å². The first-order valence-electron chi connectivity index (χ1n) is 9.00. The van der Waals surface area contributed by atoms with Crippen LogP contribution in [0, 0.1) is 5.41 Å². The molecule has 0 radical (unpaired) electrons. The minimum absolute atomic E-state index is 0.0511. The Labute approximate surface area is 149 Å². The van der Waals surface area contributed by atoms with Crippen LogP contribution in [-0.4, -0.2) is 85.3 Å². The molecule has 0 aliphatic carbocycles. The van der Waals surface area contributed by atoms with Gasteiger partial charge in [-0.3, -0.25) is 9.78 Å². The third kappa shape index (κ3) is 4.34. The number of likely N-dealkylation sites (N-methyl/N-ethyl adjacent to an activating group) is 1. The molecule has 3 rings (SSSR count). The second-order valence-electron chi connectivity index (χ2n) is 7.29. The Morgan fingerprint density at radius 2 is 2.36 bits per heavy atom. The lowest BCUT2D eigenvalue weighted by Gasteiger charge is -2.50. The summed E-state index contributed by atoms with van der Waals surface area (Å²) in [7, 11) is 4.08. The van der Waals surface area contributed by atoms with E-state index in [1.54, 1.807) is 12.4 Å². The average Bonchev–Trinajstić information content (AvgIpc) is 2.65. The van der Waals surface area contributed by atoms with Crippen molar-refractivity contribution in [1.29, 1.82) is 0 Å². The molecule has 1 aromatic rings. The molecule has 2 aliphatic rings. The van der Waals surface area contributed by atoms with Crippen molar-refractivity contribution in [3.05, 3.63) is 24.3 Å². The lowest BCUT2D eigenvalue weighted by Crippen LogP contribution is -2.58. The van der Waals surface area contributed by atoms with Crippen molar-refractivity contribution in [3.8, 4) is 0 Å². The van der Waals surface area contributed by atoms with Crippen molar-refractivity contribution in [2.75, 3.05) is 53.6 Å². The Balaban J connectivity index is 1.67. The van der Waals surface area contributed by atoms with Gasteiger partial charge in [0, 0.05) is 44.0 Å². The van der Waals surface area contributed by atoms with Gasteiger partial charge in [0.1, 0.15) is 5.69 Å². The van der Waals surface area contributed by atoms with E-state index >= 15 is 0 Å². The molecule has 1 aromatic heterocycles. The summed E-state index contributed by atoms with van der Waals surface area (Å²) in [5.41, 5.74) is 0.294. The lowest BCUT2D eigenvalue weighted by molar-refractivity contribution is -0.147. The number of rotatable bonds is 6. The molecule has 0 unspecified atom stereocenters. The number of nitrogens with zero attached hydrogens (tertiary/aromatic N) is 4. The topological polar surface area (TPSA) is 67.8 Å². The number of carbonyl (C=O) groups excluding carboxylic acids is 1. The van der Waals surface area contributed by atoms with Gasteiger partial charge in [0.2, 0.25) is 0 Å². The summed E-state index contributed by atoms with van der Waals surface area (Å²) in [5.74, 6) is -0.0511. The van der Waals surface area contributed by atoms with Crippen LogP contribution in [0.1, 0.15) is 29.8 Å². The van der Waals surface area contributed by atoms with E-state index in [1.165, 1.54) is 6.20 Å². The van der Waals surface area contributed by atoms with Gasteiger partial charge in [-0.05, 0) is 33.4 Å². The summed E-state index contributed by atoms with van der Waals surface area (Å²) in [4.78, 5) is 24.9. The predicted octanol–water partition coefficient (Wildman–Crippen LogP) is 1.07. The molecule has 1 amide bonds. The van der Waals surface area contributed by atoms with Crippen LogP contribution in [0.25, 0.3) is 0 Å². The average molecular weight is 348 g/mol. The van der Waals surface area contributed by atoms with Crippen LogP contribution in [0.15, 0.2) is 18.6 Å². The van der Waals surface area contributed by atoms with Crippen molar-refractivity contribution in [1.82, 2.24) is 19.8 Å². The molecular weight excluding hydrogens is 320 g/mol. The van der Waals surface area contributed by atoms with Crippen molar-refractivity contribution in [3.63, 3.8) is 0 Å². The fraction of sp³-hybridized carbons (Fsp3) is 0.722. The molecular formula is C18H28N4O3. The van der Waals surface area contributed by atoms with Crippen LogP contribution >= 0.6 is 0 Å². The molecule has 25 heavy (non-hydrogen) atoms. The molecule has 7 nitrogen and oxygen atoms in total. The summed E-state index contributed by atoms with van der Waals surface area (Å²) < 4.78 is 12.0. The van der Waals surface area contributed by atoms with Gasteiger partial charge in [-0.25, -0.2) is 4.98 Å². The van der Waals surface area contributed by atoms with Crippen LogP contribution in [0.5, 0.6) is 0 Å². The van der Waals surface area contributed by atoms with E-state index in [2.05, 4.69) is 14.9 Å². The van der Waals surface area contributed by atoms with Gasteiger partial charge in [-0.2, -0.15) is 0 Å². The third-order valence-electron chi connectivity index (χ3n) is 5.13. The molecule has 0 saturated carbocycles. The van der Waals surface area contributed by atoms with E-state index in [0.717, 1.165) is 32.4 Å². The van der Waals surface area contributed by atoms with E-state index in [9.17, 15) is 4.79 Å². The SMILES string of the molecule is CN(C)CCOC[C@@]12CCCO[C@H]1CCN(C(=O)c1cnccn1)C2. The Hall–Kier alpha value is -1.57. The number of likely N-dealkylation sites (tertiary alicyclic amines) is 1. The number of hydrogen-bond acceptors (Lipinski definition) is 6. The minimum atomic E-state index is -0.110. The third-order valence-corrected chi connectivity index (χ3v) is 5.13. The highest BCUT2D eigenvalue weighted by atomic mass is 16.5. The van der Waals surface area contributed by atoms with E-state index < -0.39 is 0 Å². The van der Waals surface area contributed by atoms with Crippen LogP contribution < -0.4 is 0 Å². The van der Waals surface area contributed by atoms with E-state index in [-0.39, 0.29) is 17.4 Å². The largest absolute Gasteiger partial charge is 0.379 e.